The molecular weight excluding hydrogens is 306 g/mol. The van der Waals surface area contributed by atoms with Crippen LogP contribution in [0.1, 0.15) is 78.6 Å². The average molecular weight is 341 g/mol. The van der Waals surface area contributed by atoms with Crippen molar-refractivity contribution in [2.75, 3.05) is 6.61 Å². The Kier molecular flexibility index (Phi) is 12.3. The second-order valence-corrected chi connectivity index (χ2v) is 6.78. The SMILES string of the molecule is CC=CC(C)(CCOC(=O)CCCCCCCCC(=O)O)C(C)N. The van der Waals surface area contributed by atoms with E-state index in [1.807, 2.05) is 19.9 Å². The maximum Gasteiger partial charge on any atom is 0.305 e. The zero-order chi connectivity index (χ0) is 18.4. The van der Waals surface area contributed by atoms with Gasteiger partial charge in [0.05, 0.1) is 6.61 Å². The minimum atomic E-state index is -0.729. The quantitative estimate of drug-likeness (QED) is 0.282. The molecule has 0 aromatic rings. The van der Waals surface area contributed by atoms with E-state index in [0.717, 1.165) is 44.9 Å². The minimum absolute atomic E-state index is 0.00790. The van der Waals surface area contributed by atoms with Crippen LogP contribution in [0, 0.1) is 5.41 Å². The average Bonchev–Trinajstić information content (AvgIpc) is 2.49. The monoisotopic (exact) mass is 341 g/mol. The van der Waals surface area contributed by atoms with Crippen LogP contribution in [0.5, 0.6) is 0 Å². The van der Waals surface area contributed by atoms with Gasteiger partial charge in [-0.2, -0.15) is 0 Å². The fourth-order valence-corrected chi connectivity index (χ4v) is 2.55. The molecule has 0 heterocycles. The predicted molar refractivity (Wildman–Crippen MR) is 96.7 cm³/mol. The van der Waals surface area contributed by atoms with Gasteiger partial charge < -0.3 is 15.6 Å². The normalized spacial score (nSPS) is 15.2. The summed E-state index contributed by atoms with van der Waals surface area (Å²) in [5.41, 5.74) is 5.87. The molecule has 2 atom stereocenters. The molecule has 24 heavy (non-hydrogen) atoms. The van der Waals surface area contributed by atoms with Crippen molar-refractivity contribution in [2.24, 2.45) is 11.1 Å². The maximum atomic E-state index is 11.7. The van der Waals surface area contributed by atoms with Gasteiger partial charge in [-0.1, -0.05) is 44.8 Å². The number of rotatable bonds is 14. The molecule has 0 saturated carbocycles. The molecule has 0 aromatic carbocycles. The third-order valence-electron chi connectivity index (χ3n) is 4.51. The number of carboxylic acids is 1. The van der Waals surface area contributed by atoms with Gasteiger partial charge in [0.15, 0.2) is 0 Å². The summed E-state index contributed by atoms with van der Waals surface area (Å²) in [7, 11) is 0. The van der Waals surface area contributed by atoms with Gasteiger partial charge in [-0.05, 0) is 33.1 Å². The molecule has 5 nitrogen and oxygen atoms in total. The van der Waals surface area contributed by atoms with Crippen LogP contribution in [-0.2, 0) is 14.3 Å². The lowest BCUT2D eigenvalue weighted by molar-refractivity contribution is -0.144. The Balaban J connectivity index is 3.68. The van der Waals surface area contributed by atoms with Crippen LogP contribution in [0.2, 0.25) is 0 Å². The number of carboxylic acid groups (broad SMARTS) is 1. The van der Waals surface area contributed by atoms with Crippen LogP contribution in [0.15, 0.2) is 12.2 Å². The number of aliphatic carboxylic acids is 1. The zero-order valence-corrected chi connectivity index (χ0v) is 15.6. The van der Waals surface area contributed by atoms with Crippen molar-refractivity contribution in [1.29, 1.82) is 0 Å². The van der Waals surface area contributed by atoms with Gasteiger partial charge >= 0.3 is 11.9 Å². The number of hydrogen-bond acceptors (Lipinski definition) is 4. The van der Waals surface area contributed by atoms with Crippen molar-refractivity contribution in [3.63, 3.8) is 0 Å². The van der Waals surface area contributed by atoms with E-state index in [1.165, 1.54) is 0 Å². The van der Waals surface area contributed by atoms with Gasteiger partial charge in [0.25, 0.3) is 0 Å². The first-order valence-electron chi connectivity index (χ1n) is 9.08. The number of hydrogen-bond donors (Lipinski definition) is 2. The van der Waals surface area contributed by atoms with Crippen molar-refractivity contribution in [2.45, 2.75) is 84.6 Å². The maximum absolute atomic E-state index is 11.7. The van der Waals surface area contributed by atoms with Crippen molar-refractivity contribution in [3.05, 3.63) is 12.2 Å². The summed E-state index contributed by atoms with van der Waals surface area (Å²) < 4.78 is 5.31. The highest BCUT2D eigenvalue weighted by Crippen LogP contribution is 2.26. The first-order chi connectivity index (χ1) is 11.3. The minimum Gasteiger partial charge on any atom is -0.481 e. The number of allylic oxidation sites excluding steroid dienone is 1. The second-order valence-electron chi connectivity index (χ2n) is 6.78. The topological polar surface area (TPSA) is 89.6 Å². The zero-order valence-electron chi connectivity index (χ0n) is 15.6. The van der Waals surface area contributed by atoms with Crippen molar-refractivity contribution in [3.8, 4) is 0 Å². The molecule has 0 aromatic heterocycles. The summed E-state index contributed by atoms with van der Waals surface area (Å²) in [6.07, 6.45) is 11.1. The van der Waals surface area contributed by atoms with E-state index in [2.05, 4.69) is 13.0 Å². The van der Waals surface area contributed by atoms with E-state index in [-0.39, 0.29) is 23.8 Å². The van der Waals surface area contributed by atoms with Gasteiger partial charge in [-0.25, -0.2) is 0 Å². The fourth-order valence-electron chi connectivity index (χ4n) is 2.55. The highest BCUT2D eigenvalue weighted by atomic mass is 16.5. The lowest BCUT2D eigenvalue weighted by atomic mass is 9.80. The van der Waals surface area contributed by atoms with Crippen LogP contribution < -0.4 is 5.73 Å². The van der Waals surface area contributed by atoms with E-state index in [0.29, 0.717) is 13.0 Å². The smallest absolute Gasteiger partial charge is 0.305 e. The summed E-state index contributed by atoms with van der Waals surface area (Å²) in [6, 6.07) is 0.00790. The molecule has 0 saturated heterocycles. The van der Waals surface area contributed by atoms with Crippen LogP contribution in [0.25, 0.3) is 0 Å². The highest BCUT2D eigenvalue weighted by Gasteiger charge is 2.25. The molecule has 0 fully saturated rings. The number of carbonyl (C=O) groups excluding carboxylic acids is 1. The Morgan fingerprint density at radius 3 is 2.17 bits per heavy atom. The van der Waals surface area contributed by atoms with E-state index in [1.54, 1.807) is 0 Å². The molecular formula is C19H35NO4. The molecule has 0 rings (SSSR count). The highest BCUT2D eigenvalue weighted by molar-refractivity contribution is 5.69. The summed E-state index contributed by atoms with van der Waals surface area (Å²) in [5.74, 6) is -0.874. The molecule has 0 aliphatic heterocycles. The molecule has 0 amide bonds. The lowest BCUT2D eigenvalue weighted by Crippen LogP contribution is -2.36. The van der Waals surface area contributed by atoms with Crippen LogP contribution in [-0.4, -0.2) is 29.7 Å². The largest absolute Gasteiger partial charge is 0.481 e. The number of esters is 1. The molecule has 0 radical (unpaired) electrons. The molecule has 3 N–H and O–H groups in total. The van der Waals surface area contributed by atoms with Crippen LogP contribution in [0.3, 0.4) is 0 Å². The first-order valence-corrected chi connectivity index (χ1v) is 9.08. The first kappa shape index (κ1) is 22.6. The summed E-state index contributed by atoms with van der Waals surface area (Å²) >= 11 is 0. The molecule has 0 bridgehead atoms. The van der Waals surface area contributed by atoms with Crippen molar-refractivity contribution < 1.29 is 19.4 Å². The van der Waals surface area contributed by atoms with E-state index < -0.39 is 5.97 Å². The Bertz CT molecular complexity index is 393. The molecule has 0 aliphatic rings. The predicted octanol–water partition coefficient (Wildman–Crippen LogP) is 4.05. The van der Waals surface area contributed by atoms with Gasteiger partial charge in [0.2, 0.25) is 0 Å². The third kappa shape index (κ3) is 11.2. The Morgan fingerprint density at radius 1 is 1.12 bits per heavy atom. The van der Waals surface area contributed by atoms with E-state index >= 15 is 0 Å². The van der Waals surface area contributed by atoms with Crippen molar-refractivity contribution in [1.82, 2.24) is 0 Å². The lowest BCUT2D eigenvalue weighted by Gasteiger charge is -2.30. The fraction of sp³-hybridized carbons (Fsp3) is 0.789. The summed E-state index contributed by atoms with van der Waals surface area (Å²) in [5, 5.41) is 8.53. The number of nitrogens with two attached hydrogens (primary N) is 1. The molecule has 140 valence electrons. The Labute approximate surface area is 146 Å². The van der Waals surface area contributed by atoms with E-state index in [4.69, 9.17) is 15.6 Å². The van der Waals surface area contributed by atoms with Crippen molar-refractivity contribution >= 4 is 11.9 Å². The van der Waals surface area contributed by atoms with Crippen LogP contribution in [0.4, 0.5) is 0 Å². The van der Waals surface area contributed by atoms with Gasteiger partial charge in [-0.15, -0.1) is 0 Å². The van der Waals surface area contributed by atoms with E-state index in [9.17, 15) is 9.59 Å². The standard InChI is InChI=1S/C19H35NO4/c1-4-13-19(3,16(2)20)14-15-24-18(23)12-10-8-6-5-7-9-11-17(21)22/h4,13,16H,5-12,14-15,20H2,1-3H3,(H,21,22). The number of ether oxygens (including phenoxy) is 1. The Morgan fingerprint density at radius 2 is 1.67 bits per heavy atom. The third-order valence-corrected chi connectivity index (χ3v) is 4.51. The molecule has 0 spiro atoms. The van der Waals surface area contributed by atoms with Gasteiger partial charge in [-0.3, -0.25) is 9.59 Å². The summed E-state index contributed by atoms with van der Waals surface area (Å²) in [4.78, 5) is 22.1. The van der Waals surface area contributed by atoms with Crippen LogP contribution >= 0.6 is 0 Å². The van der Waals surface area contributed by atoms with Gasteiger partial charge in [0, 0.05) is 24.3 Å². The molecule has 0 aliphatic carbocycles. The molecule has 5 heteroatoms. The molecule has 2 unspecified atom stereocenters. The number of unbranched alkanes of at least 4 members (excludes halogenated alkanes) is 5. The second kappa shape index (κ2) is 13.0. The number of carbonyl (C=O) groups is 2. The summed E-state index contributed by atoms with van der Waals surface area (Å²) in [6.45, 7) is 6.42. The Hall–Kier alpha value is -1.36. The van der Waals surface area contributed by atoms with Gasteiger partial charge in [0.1, 0.15) is 0 Å².